The van der Waals surface area contributed by atoms with E-state index in [1.54, 1.807) is 13.0 Å². The Labute approximate surface area is 182 Å². The summed E-state index contributed by atoms with van der Waals surface area (Å²) in [4.78, 5) is 20.0. The van der Waals surface area contributed by atoms with Crippen LogP contribution in [0.1, 0.15) is 61.8 Å². The number of piperidine rings is 1. The Hall–Kier alpha value is -2.58. The number of fused-ring (bicyclic) bond motifs is 2. The molecule has 31 heavy (non-hydrogen) atoms. The second-order valence-electron chi connectivity index (χ2n) is 8.56. The van der Waals surface area contributed by atoms with Crippen LogP contribution in [0, 0.1) is 12.7 Å². The SMILES string of the molecule is [2H]OC1([2H])CCCn2c1nc(C)c(CCN1CCC(c3noc4cc(F)ccc34)CC1)c2=O. The molecule has 0 amide bonds. The van der Waals surface area contributed by atoms with Gasteiger partial charge in [0.15, 0.2) is 5.58 Å². The highest BCUT2D eigenvalue weighted by atomic mass is 19.1. The van der Waals surface area contributed by atoms with Gasteiger partial charge in [-0.05, 0) is 64.3 Å². The molecular formula is C23H27FN4O3. The highest BCUT2D eigenvalue weighted by Crippen LogP contribution is 2.32. The first kappa shape index (κ1) is 18.0. The van der Waals surface area contributed by atoms with E-state index in [1.807, 2.05) is 0 Å². The Morgan fingerprint density at radius 3 is 2.97 bits per heavy atom. The molecule has 1 saturated heterocycles. The van der Waals surface area contributed by atoms with Crippen LogP contribution in [0.15, 0.2) is 27.5 Å². The van der Waals surface area contributed by atoms with E-state index in [0.717, 1.165) is 43.6 Å². The fourth-order valence-corrected chi connectivity index (χ4v) is 4.84. The normalized spacial score (nSPS) is 23.5. The van der Waals surface area contributed by atoms with Crippen molar-refractivity contribution in [1.29, 1.82) is 1.43 Å². The van der Waals surface area contributed by atoms with E-state index in [0.29, 0.717) is 42.6 Å². The third-order valence-electron chi connectivity index (χ3n) is 6.62. The average Bonchev–Trinajstić information content (AvgIpc) is 3.23. The van der Waals surface area contributed by atoms with Crippen LogP contribution in [0.4, 0.5) is 4.39 Å². The zero-order valence-electron chi connectivity index (χ0n) is 19.6. The number of benzene rings is 1. The fourth-order valence-electron chi connectivity index (χ4n) is 4.84. The van der Waals surface area contributed by atoms with E-state index in [9.17, 15) is 9.18 Å². The van der Waals surface area contributed by atoms with Crippen LogP contribution in [-0.4, -0.2) is 45.8 Å². The predicted molar refractivity (Wildman–Crippen MR) is 114 cm³/mol. The van der Waals surface area contributed by atoms with Crippen molar-refractivity contribution in [3.63, 3.8) is 0 Å². The predicted octanol–water partition coefficient (Wildman–Crippen LogP) is 3.08. The number of aliphatic hydroxyl groups is 1. The molecule has 7 nitrogen and oxygen atoms in total. The topological polar surface area (TPSA) is 84.4 Å². The van der Waals surface area contributed by atoms with E-state index in [2.05, 4.69) is 20.1 Å². The molecule has 5 rings (SSSR count). The number of nitrogens with zero attached hydrogens (tertiary/aromatic N) is 4. The molecule has 1 aromatic carbocycles. The highest BCUT2D eigenvalue weighted by Gasteiger charge is 2.26. The van der Waals surface area contributed by atoms with Crippen molar-refractivity contribution >= 4 is 11.0 Å². The van der Waals surface area contributed by atoms with Gasteiger partial charge in [-0.1, -0.05) is 5.16 Å². The van der Waals surface area contributed by atoms with Crippen molar-refractivity contribution in [3.05, 3.63) is 57.1 Å². The van der Waals surface area contributed by atoms with Gasteiger partial charge in [0.05, 0.1) is 7.06 Å². The van der Waals surface area contributed by atoms with Crippen molar-refractivity contribution in [3.8, 4) is 0 Å². The summed E-state index contributed by atoms with van der Waals surface area (Å²) in [6.45, 7) is 4.79. The number of aryl methyl sites for hydroxylation is 1. The molecule has 8 heteroatoms. The van der Waals surface area contributed by atoms with Gasteiger partial charge < -0.3 is 14.5 Å². The Kier molecular flexibility index (Phi) is 4.75. The van der Waals surface area contributed by atoms with Crippen LogP contribution in [0.25, 0.3) is 11.0 Å². The molecule has 0 aliphatic carbocycles. The van der Waals surface area contributed by atoms with E-state index >= 15 is 0 Å². The van der Waals surface area contributed by atoms with Crippen molar-refractivity contribution in [2.75, 3.05) is 19.6 Å². The molecule has 3 aromatic rings. The lowest BCUT2D eigenvalue weighted by molar-refractivity contribution is 0.129. The largest absolute Gasteiger partial charge is 0.385 e. The first-order valence-corrected chi connectivity index (χ1v) is 10.9. The van der Waals surface area contributed by atoms with E-state index in [1.165, 1.54) is 16.7 Å². The summed E-state index contributed by atoms with van der Waals surface area (Å²) in [7, 11) is 0. The van der Waals surface area contributed by atoms with Crippen LogP contribution in [0.2, 0.25) is 0 Å². The molecule has 0 radical (unpaired) electrons. The Morgan fingerprint density at radius 2 is 2.16 bits per heavy atom. The summed E-state index contributed by atoms with van der Waals surface area (Å²) >= 11 is 0. The molecule has 1 N–H and O–H groups in total. The number of hydrogen-bond acceptors (Lipinski definition) is 6. The van der Waals surface area contributed by atoms with E-state index < -0.39 is 6.08 Å². The number of likely N-dealkylation sites (tertiary alicyclic amines) is 1. The fraction of sp³-hybridized carbons (Fsp3) is 0.522. The first-order valence-electron chi connectivity index (χ1n) is 11.8. The van der Waals surface area contributed by atoms with Gasteiger partial charge in [0, 0.05) is 41.7 Å². The lowest BCUT2D eigenvalue weighted by atomic mass is 9.91. The maximum Gasteiger partial charge on any atom is 0.257 e. The third kappa shape index (κ3) is 3.78. The smallest absolute Gasteiger partial charge is 0.257 e. The average molecular weight is 429 g/mol. The van der Waals surface area contributed by atoms with Gasteiger partial charge in [-0.2, -0.15) is 0 Å². The minimum atomic E-state index is -1.58. The minimum absolute atomic E-state index is 0.123. The molecule has 0 spiro atoms. The van der Waals surface area contributed by atoms with Gasteiger partial charge in [-0.3, -0.25) is 9.36 Å². The van der Waals surface area contributed by atoms with Gasteiger partial charge in [0.2, 0.25) is 1.43 Å². The van der Waals surface area contributed by atoms with Crippen molar-refractivity contribution in [1.82, 2.24) is 19.6 Å². The van der Waals surface area contributed by atoms with Crippen LogP contribution in [-0.2, 0) is 13.0 Å². The van der Waals surface area contributed by atoms with Gasteiger partial charge in [-0.15, -0.1) is 0 Å². The molecule has 2 aromatic heterocycles. The number of rotatable bonds is 5. The summed E-state index contributed by atoms with van der Waals surface area (Å²) in [5.41, 5.74) is 2.53. The second kappa shape index (κ2) is 8.16. The molecule has 4 heterocycles. The maximum atomic E-state index is 13.4. The van der Waals surface area contributed by atoms with Crippen LogP contribution in [0.5, 0.6) is 0 Å². The molecule has 1 atom stereocenters. The summed E-state index contributed by atoms with van der Waals surface area (Å²) in [5.74, 6) is 0.167. The molecular weight excluding hydrogens is 399 g/mol. The van der Waals surface area contributed by atoms with Crippen molar-refractivity contribution in [2.24, 2.45) is 0 Å². The molecule has 2 aliphatic rings. The van der Waals surface area contributed by atoms with Gasteiger partial charge >= 0.3 is 0 Å². The van der Waals surface area contributed by atoms with Crippen molar-refractivity contribution in [2.45, 2.75) is 57.6 Å². The standard InChI is InChI=1S/C23H27FN4O3/c1-14-17(23(30)28-9-2-3-19(29)22(28)25-14)8-12-27-10-6-15(7-11-27)21-18-5-4-16(24)13-20(18)31-26-21/h4-5,13,15,19,29H,2-3,6-12H2,1H3/i19D,29D. The molecule has 1 unspecified atom stereocenters. The maximum absolute atomic E-state index is 13.4. The molecule has 2 aliphatic heterocycles. The van der Waals surface area contributed by atoms with Gasteiger partial charge in [-0.25, -0.2) is 9.37 Å². The quantitative estimate of drug-likeness (QED) is 0.672. The summed E-state index contributed by atoms with van der Waals surface area (Å²) < 4.78 is 35.9. The Morgan fingerprint density at radius 1 is 1.32 bits per heavy atom. The first-order chi connectivity index (χ1) is 15.9. The second-order valence-corrected chi connectivity index (χ2v) is 8.56. The lowest BCUT2D eigenvalue weighted by Crippen LogP contribution is -2.37. The molecule has 0 saturated carbocycles. The van der Waals surface area contributed by atoms with E-state index in [4.69, 9.17) is 7.33 Å². The van der Waals surface area contributed by atoms with E-state index in [-0.39, 0.29) is 23.1 Å². The van der Waals surface area contributed by atoms with Gasteiger partial charge in [0.1, 0.15) is 17.7 Å². The zero-order chi connectivity index (χ0) is 23.2. The Balaban J connectivity index is 1.25. The Bertz CT molecular complexity index is 1240. The summed E-state index contributed by atoms with van der Waals surface area (Å²) in [5, 5.41) is 9.73. The van der Waals surface area contributed by atoms with Crippen LogP contribution < -0.4 is 5.56 Å². The highest BCUT2D eigenvalue weighted by molar-refractivity contribution is 5.79. The summed E-state index contributed by atoms with van der Waals surface area (Å²) in [6, 6.07) is 4.54. The van der Waals surface area contributed by atoms with Crippen molar-refractivity contribution < 1.29 is 15.4 Å². The number of hydrogen-bond donors (Lipinski definition) is 1. The molecule has 0 bridgehead atoms. The van der Waals surface area contributed by atoms with Crippen LogP contribution in [0.3, 0.4) is 0 Å². The monoisotopic (exact) mass is 428 g/mol. The minimum Gasteiger partial charge on any atom is -0.385 e. The van der Waals surface area contributed by atoms with Crippen LogP contribution >= 0.6 is 0 Å². The lowest BCUT2D eigenvalue weighted by Gasteiger charge is -2.31. The zero-order valence-corrected chi connectivity index (χ0v) is 17.6. The number of aromatic nitrogens is 3. The van der Waals surface area contributed by atoms with Gasteiger partial charge in [0.25, 0.3) is 5.56 Å². The summed E-state index contributed by atoms with van der Waals surface area (Å²) in [6.07, 6.45) is 1.80. The third-order valence-corrected chi connectivity index (χ3v) is 6.62. The number of halogens is 1. The molecule has 164 valence electrons. The molecule has 1 fully saturated rings.